The van der Waals surface area contributed by atoms with Gasteiger partial charge in [0.1, 0.15) is 6.61 Å². The third-order valence-electron chi connectivity index (χ3n) is 1.91. The van der Waals surface area contributed by atoms with Gasteiger partial charge >= 0.3 is 6.09 Å². The Bertz CT molecular complexity index is 393. The molecule has 0 radical (unpaired) electrons. The van der Waals surface area contributed by atoms with Crippen LogP contribution in [0.15, 0.2) is 30.3 Å². The van der Waals surface area contributed by atoms with Gasteiger partial charge in [0.25, 0.3) is 7.52 Å². The molecule has 2 N–H and O–H groups in total. The van der Waals surface area contributed by atoms with E-state index in [1.807, 2.05) is 23.3 Å². The van der Waals surface area contributed by atoms with Crippen molar-refractivity contribution < 1.29 is 19.0 Å². The molecule has 0 saturated heterocycles. The Morgan fingerprint density at radius 3 is 2.62 bits per heavy atom. The zero-order chi connectivity index (χ0) is 12.0. The number of nitrogens with one attached hydrogen (secondary N) is 1. The van der Waals surface area contributed by atoms with Crippen LogP contribution in [0.3, 0.4) is 0 Å². The predicted octanol–water partition coefficient (Wildman–Crippen LogP) is 2.12. The summed E-state index contributed by atoms with van der Waals surface area (Å²) < 4.78 is 15.9. The molecule has 0 spiro atoms. The number of rotatable bonds is 4. The van der Waals surface area contributed by atoms with E-state index in [4.69, 9.17) is 9.63 Å². The molecule has 88 valence electrons. The second-order valence-electron chi connectivity index (χ2n) is 3.19. The van der Waals surface area contributed by atoms with E-state index < -0.39 is 13.6 Å². The fraction of sp³-hybridized carbons (Fsp3) is 0.300. The largest absolute Gasteiger partial charge is 0.444 e. The molecule has 1 amide bonds. The smallest absolute Gasteiger partial charge is 0.414 e. The summed E-state index contributed by atoms with van der Waals surface area (Å²) in [6.45, 7) is 1.59. The Morgan fingerprint density at radius 1 is 1.44 bits per heavy atom. The van der Waals surface area contributed by atoms with Crippen molar-refractivity contribution >= 4 is 13.6 Å². The van der Waals surface area contributed by atoms with Crippen LogP contribution in [0.2, 0.25) is 0 Å². The average molecular weight is 243 g/mol. The maximum atomic E-state index is 11.1. The molecular formula is C10H14NO4P. The van der Waals surface area contributed by atoms with Gasteiger partial charge in [-0.1, -0.05) is 37.3 Å². The number of carbonyl (C=O) groups is 1. The minimum absolute atomic E-state index is 0.0204. The quantitative estimate of drug-likeness (QED) is 0.794. The zero-order valence-corrected chi connectivity index (χ0v) is 9.81. The Balaban J connectivity index is 2.40. The standard InChI is InChI=1S/C10H14NO4P/c1-2-16(13,14)11-10(12)15-8-9-6-4-3-5-7-9/h3-7H,2,8H2,1H3,(H2,11,12,13,14). The van der Waals surface area contributed by atoms with Gasteiger partial charge in [-0.05, 0) is 5.56 Å². The molecule has 0 aliphatic carbocycles. The van der Waals surface area contributed by atoms with E-state index in [1.54, 1.807) is 12.1 Å². The molecule has 0 aliphatic heterocycles. The van der Waals surface area contributed by atoms with Gasteiger partial charge in [0.2, 0.25) is 0 Å². The molecule has 0 fully saturated rings. The lowest BCUT2D eigenvalue weighted by Crippen LogP contribution is -2.22. The SMILES string of the molecule is CCP(=O)(O)NC(=O)OCc1ccccc1. The maximum absolute atomic E-state index is 11.1. The van der Waals surface area contributed by atoms with Crippen LogP contribution in [0, 0.1) is 0 Å². The minimum atomic E-state index is -3.58. The highest BCUT2D eigenvalue weighted by Crippen LogP contribution is 2.34. The van der Waals surface area contributed by atoms with Gasteiger partial charge in [-0.15, -0.1) is 0 Å². The second kappa shape index (κ2) is 5.68. The summed E-state index contributed by atoms with van der Waals surface area (Å²) in [4.78, 5) is 20.3. The molecule has 1 aromatic carbocycles. The van der Waals surface area contributed by atoms with Gasteiger partial charge in [0.15, 0.2) is 0 Å². The first-order chi connectivity index (χ1) is 7.53. The second-order valence-corrected chi connectivity index (χ2v) is 5.45. The van der Waals surface area contributed by atoms with Gasteiger partial charge in [-0.2, -0.15) is 0 Å². The Kier molecular flexibility index (Phi) is 4.52. The fourth-order valence-electron chi connectivity index (χ4n) is 0.977. The van der Waals surface area contributed by atoms with Gasteiger partial charge in [-0.3, -0.25) is 9.65 Å². The minimum Gasteiger partial charge on any atom is -0.444 e. The highest BCUT2D eigenvalue weighted by atomic mass is 31.2. The molecule has 0 aliphatic rings. The van der Waals surface area contributed by atoms with Crippen LogP contribution >= 0.6 is 7.52 Å². The van der Waals surface area contributed by atoms with E-state index in [-0.39, 0.29) is 12.8 Å². The Hall–Kier alpha value is -1.32. The first-order valence-electron chi connectivity index (χ1n) is 4.84. The highest BCUT2D eigenvalue weighted by Gasteiger charge is 2.18. The third-order valence-corrected chi connectivity index (χ3v) is 3.30. The van der Waals surface area contributed by atoms with Gasteiger partial charge in [0, 0.05) is 6.16 Å². The molecule has 1 rings (SSSR count). The Labute approximate surface area is 93.9 Å². The maximum Gasteiger partial charge on any atom is 0.414 e. The van der Waals surface area contributed by atoms with E-state index in [2.05, 4.69) is 0 Å². The summed E-state index contributed by atoms with van der Waals surface area (Å²) in [6, 6.07) is 9.08. The normalized spacial score (nSPS) is 13.9. The van der Waals surface area contributed by atoms with Crippen molar-refractivity contribution in [3.05, 3.63) is 35.9 Å². The van der Waals surface area contributed by atoms with Gasteiger partial charge in [-0.25, -0.2) is 4.79 Å². The third kappa shape index (κ3) is 4.47. The van der Waals surface area contributed by atoms with E-state index in [0.29, 0.717) is 0 Å². The molecular weight excluding hydrogens is 229 g/mol. The van der Waals surface area contributed by atoms with Crippen molar-refractivity contribution in [1.82, 2.24) is 5.09 Å². The van der Waals surface area contributed by atoms with Crippen LogP contribution < -0.4 is 5.09 Å². The molecule has 1 aromatic rings. The summed E-state index contributed by atoms with van der Waals surface area (Å²) in [6.07, 6.45) is -0.899. The van der Waals surface area contributed by atoms with E-state index in [9.17, 15) is 9.36 Å². The topological polar surface area (TPSA) is 75.6 Å². The fourth-order valence-corrected chi connectivity index (χ4v) is 1.49. The molecule has 0 aromatic heterocycles. The van der Waals surface area contributed by atoms with E-state index in [1.165, 1.54) is 6.92 Å². The van der Waals surface area contributed by atoms with Crippen molar-refractivity contribution in [3.63, 3.8) is 0 Å². The number of ether oxygens (including phenoxy) is 1. The average Bonchev–Trinajstić information content (AvgIpc) is 2.27. The lowest BCUT2D eigenvalue weighted by molar-refractivity contribution is 0.145. The van der Waals surface area contributed by atoms with Crippen LogP contribution in [0.5, 0.6) is 0 Å². The van der Waals surface area contributed by atoms with Crippen LogP contribution in [-0.2, 0) is 15.9 Å². The van der Waals surface area contributed by atoms with Gasteiger partial charge < -0.3 is 9.63 Å². The number of hydrogen-bond acceptors (Lipinski definition) is 3. The van der Waals surface area contributed by atoms with Crippen molar-refractivity contribution in [2.45, 2.75) is 13.5 Å². The summed E-state index contributed by atoms with van der Waals surface area (Å²) >= 11 is 0. The predicted molar refractivity (Wildman–Crippen MR) is 60.1 cm³/mol. The molecule has 1 atom stereocenters. The first kappa shape index (κ1) is 12.7. The summed E-state index contributed by atoms with van der Waals surface area (Å²) in [7, 11) is -3.58. The molecule has 1 unspecified atom stereocenters. The number of benzene rings is 1. The van der Waals surface area contributed by atoms with Crippen LogP contribution in [0.1, 0.15) is 12.5 Å². The van der Waals surface area contributed by atoms with E-state index >= 15 is 0 Å². The molecule has 16 heavy (non-hydrogen) atoms. The van der Waals surface area contributed by atoms with Crippen LogP contribution in [0.25, 0.3) is 0 Å². The lowest BCUT2D eigenvalue weighted by atomic mass is 10.2. The van der Waals surface area contributed by atoms with E-state index in [0.717, 1.165) is 5.56 Å². The molecule has 0 heterocycles. The van der Waals surface area contributed by atoms with Crippen LogP contribution in [-0.4, -0.2) is 17.1 Å². The number of amides is 1. The summed E-state index contributed by atoms with van der Waals surface area (Å²) in [5, 5.41) is 1.93. The first-order valence-corrected chi connectivity index (χ1v) is 6.69. The van der Waals surface area contributed by atoms with Crippen molar-refractivity contribution in [3.8, 4) is 0 Å². The molecule has 0 saturated carbocycles. The molecule has 5 nitrogen and oxygen atoms in total. The van der Waals surface area contributed by atoms with Crippen molar-refractivity contribution in [2.75, 3.05) is 6.16 Å². The lowest BCUT2D eigenvalue weighted by Gasteiger charge is -2.11. The summed E-state index contributed by atoms with van der Waals surface area (Å²) in [5.74, 6) is 0. The number of carbonyl (C=O) groups excluding carboxylic acids is 1. The highest BCUT2D eigenvalue weighted by molar-refractivity contribution is 7.56. The van der Waals surface area contributed by atoms with Crippen LogP contribution in [0.4, 0.5) is 4.79 Å². The summed E-state index contributed by atoms with van der Waals surface area (Å²) in [5.41, 5.74) is 0.821. The zero-order valence-electron chi connectivity index (χ0n) is 8.92. The van der Waals surface area contributed by atoms with Crippen molar-refractivity contribution in [1.29, 1.82) is 0 Å². The Morgan fingerprint density at radius 2 is 2.06 bits per heavy atom. The van der Waals surface area contributed by atoms with Crippen molar-refractivity contribution in [2.24, 2.45) is 0 Å². The van der Waals surface area contributed by atoms with Gasteiger partial charge in [0.05, 0.1) is 0 Å². The molecule has 6 heteroatoms. The number of hydrogen-bond donors (Lipinski definition) is 2. The molecule has 0 bridgehead atoms. The monoisotopic (exact) mass is 243 g/mol.